The number of hydrogen-bond acceptors (Lipinski definition) is 5. The zero-order valence-corrected chi connectivity index (χ0v) is 11.0. The van der Waals surface area contributed by atoms with E-state index in [1.54, 1.807) is 0 Å². The van der Waals surface area contributed by atoms with Crippen LogP contribution >= 0.6 is 0 Å². The summed E-state index contributed by atoms with van der Waals surface area (Å²) in [5.74, 6) is 0.438. The SMILES string of the molecule is CCNC(=O)CNc1ncnc2c1oc1ccccc12. The Bertz CT molecular complexity index is 766. The van der Waals surface area contributed by atoms with Gasteiger partial charge in [0.2, 0.25) is 5.91 Å². The first-order valence-electron chi connectivity index (χ1n) is 6.42. The molecule has 1 amide bonds. The monoisotopic (exact) mass is 270 g/mol. The van der Waals surface area contributed by atoms with Crippen LogP contribution in [0.4, 0.5) is 5.82 Å². The number of hydrogen-bond donors (Lipinski definition) is 2. The molecule has 6 nitrogen and oxygen atoms in total. The van der Waals surface area contributed by atoms with E-state index in [0.29, 0.717) is 17.9 Å². The normalized spacial score (nSPS) is 10.8. The van der Waals surface area contributed by atoms with Gasteiger partial charge in [0.25, 0.3) is 0 Å². The van der Waals surface area contributed by atoms with E-state index in [0.717, 1.165) is 16.5 Å². The minimum atomic E-state index is -0.0876. The van der Waals surface area contributed by atoms with Crippen LogP contribution in [0, 0.1) is 0 Å². The van der Waals surface area contributed by atoms with Gasteiger partial charge in [-0.3, -0.25) is 4.79 Å². The Morgan fingerprint density at radius 1 is 1.30 bits per heavy atom. The van der Waals surface area contributed by atoms with Gasteiger partial charge in [-0.05, 0) is 19.1 Å². The fraction of sp³-hybridized carbons (Fsp3) is 0.214. The molecule has 102 valence electrons. The first-order chi connectivity index (χ1) is 9.79. The van der Waals surface area contributed by atoms with Crippen LogP contribution in [0.1, 0.15) is 6.92 Å². The van der Waals surface area contributed by atoms with Crippen molar-refractivity contribution in [3.63, 3.8) is 0 Å². The molecular weight excluding hydrogens is 256 g/mol. The van der Waals surface area contributed by atoms with E-state index in [2.05, 4.69) is 20.6 Å². The third kappa shape index (κ3) is 2.16. The second-order valence-corrected chi connectivity index (χ2v) is 4.31. The van der Waals surface area contributed by atoms with Crippen LogP contribution in [-0.4, -0.2) is 29.0 Å². The molecule has 0 atom stereocenters. The van der Waals surface area contributed by atoms with Crippen LogP contribution in [0.2, 0.25) is 0 Å². The number of benzene rings is 1. The summed E-state index contributed by atoms with van der Waals surface area (Å²) < 4.78 is 5.76. The van der Waals surface area contributed by atoms with E-state index < -0.39 is 0 Å². The summed E-state index contributed by atoms with van der Waals surface area (Å²) in [6.07, 6.45) is 1.46. The minimum Gasteiger partial charge on any atom is -0.450 e. The van der Waals surface area contributed by atoms with E-state index in [1.165, 1.54) is 6.33 Å². The van der Waals surface area contributed by atoms with Crippen molar-refractivity contribution >= 4 is 33.8 Å². The molecule has 1 aromatic carbocycles. The molecule has 2 aromatic heterocycles. The summed E-state index contributed by atoms with van der Waals surface area (Å²) >= 11 is 0. The maximum atomic E-state index is 11.5. The van der Waals surface area contributed by atoms with E-state index in [9.17, 15) is 4.79 Å². The van der Waals surface area contributed by atoms with Gasteiger partial charge in [0.1, 0.15) is 17.4 Å². The van der Waals surface area contributed by atoms with Gasteiger partial charge in [-0.2, -0.15) is 0 Å². The summed E-state index contributed by atoms with van der Waals surface area (Å²) in [6, 6.07) is 7.66. The van der Waals surface area contributed by atoms with Gasteiger partial charge < -0.3 is 15.1 Å². The predicted molar refractivity (Wildman–Crippen MR) is 76.5 cm³/mol. The van der Waals surface area contributed by atoms with Gasteiger partial charge in [0.05, 0.1) is 6.54 Å². The first-order valence-corrected chi connectivity index (χ1v) is 6.42. The summed E-state index contributed by atoms with van der Waals surface area (Å²) in [5.41, 5.74) is 2.07. The molecule has 20 heavy (non-hydrogen) atoms. The topological polar surface area (TPSA) is 80.0 Å². The second kappa shape index (κ2) is 5.16. The van der Waals surface area contributed by atoms with Crippen LogP contribution in [0.5, 0.6) is 0 Å². The Morgan fingerprint density at radius 2 is 2.15 bits per heavy atom. The highest BCUT2D eigenvalue weighted by atomic mass is 16.3. The van der Waals surface area contributed by atoms with E-state index in [1.807, 2.05) is 31.2 Å². The maximum absolute atomic E-state index is 11.5. The number of anilines is 1. The zero-order chi connectivity index (χ0) is 13.9. The third-order valence-electron chi connectivity index (χ3n) is 2.95. The standard InChI is InChI=1S/C14H14N4O2/c1-2-15-11(19)7-16-14-13-12(17-8-18-14)9-5-3-4-6-10(9)20-13/h3-6,8H,2,7H2,1H3,(H,15,19)(H,16,17,18). The molecule has 2 N–H and O–H groups in total. The van der Waals surface area contributed by atoms with Crippen molar-refractivity contribution in [1.29, 1.82) is 0 Å². The van der Waals surface area contributed by atoms with Crippen molar-refractivity contribution in [2.75, 3.05) is 18.4 Å². The summed E-state index contributed by atoms with van der Waals surface area (Å²) in [5, 5.41) is 6.63. The van der Waals surface area contributed by atoms with Gasteiger partial charge in [-0.1, -0.05) is 12.1 Å². The van der Waals surface area contributed by atoms with Crippen LogP contribution in [0.3, 0.4) is 0 Å². The fourth-order valence-electron chi connectivity index (χ4n) is 2.07. The Labute approximate surface area is 115 Å². The lowest BCUT2D eigenvalue weighted by Crippen LogP contribution is -2.29. The average molecular weight is 270 g/mol. The lowest BCUT2D eigenvalue weighted by atomic mass is 10.2. The molecule has 3 rings (SSSR count). The van der Waals surface area contributed by atoms with Crippen molar-refractivity contribution in [3.05, 3.63) is 30.6 Å². The molecule has 0 aliphatic rings. The van der Waals surface area contributed by atoms with E-state index in [4.69, 9.17) is 4.42 Å². The fourth-order valence-corrected chi connectivity index (χ4v) is 2.07. The molecule has 3 aromatic rings. The van der Waals surface area contributed by atoms with E-state index >= 15 is 0 Å². The molecule has 0 unspecified atom stereocenters. The summed E-state index contributed by atoms with van der Waals surface area (Å²) in [6.45, 7) is 2.63. The Morgan fingerprint density at radius 3 is 3.00 bits per heavy atom. The molecule has 0 fully saturated rings. The van der Waals surface area contributed by atoms with Crippen LogP contribution in [-0.2, 0) is 4.79 Å². The van der Waals surface area contributed by atoms with Crippen LogP contribution in [0.15, 0.2) is 35.0 Å². The number of rotatable bonds is 4. The summed E-state index contributed by atoms with van der Waals surface area (Å²) in [4.78, 5) is 19.9. The zero-order valence-electron chi connectivity index (χ0n) is 11.0. The molecule has 0 radical (unpaired) electrons. The number of carbonyl (C=O) groups is 1. The first kappa shape index (κ1) is 12.4. The average Bonchev–Trinajstić information content (AvgIpc) is 2.84. The molecule has 6 heteroatoms. The lowest BCUT2D eigenvalue weighted by molar-refractivity contribution is -0.119. The molecule has 0 saturated carbocycles. The summed E-state index contributed by atoms with van der Waals surface area (Å²) in [7, 11) is 0. The largest absolute Gasteiger partial charge is 0.450 e. The molecule has 0 spiro atoms. The number of para-hydroxylation sites is 1. The number of likely N-dealkylation sites (N-methyl/N-ethyl adjacent to an activating group) is 1. The van der Waals surface area contributed by atoms with Gasteiger partial charge in [-0.25, -0.2) is 9.97 Å². The van der Waals surface area contributed by atoms with Crippen LogP contribution in [0.25, 0.3) is 22.1 Å². The number of carbonyl (C=O) groups excluding carboxylic acids is 1. The molecule has 0 aliphatic carbocycles. The minimum absolute atomic E-state index is 0.0876. The number of aromatic nitrogens is 2. The number of nitrogens with zero attached hydrogens (tertiary/aromatic N) is 2. The lowest BCUT2D eigenvalue weighted by Gasteiger charge is -2.05. The number of amides is 1. The van der Waals surface area contributed by atoms with Crippen molar-refractivity contribution in [3.8, 4) is 0 Å². The molecule has 0 saturated heterocycles. The molecular formula is C14H14N4O2. The van der Waals surface area contributed by atoms with Gasteiger partial charge in [-0.15, -0.1) is 0 Å². The second-order valence-electron chi connectivity index (χ2n) is 4.31. The van der Waals surface area contributed by atoms with Gasteiger partial charge in [0.15, 0.2) is 11.4 Å². The number of nitrogens with one attached hydrogen (secondary N) is 2. The number of furan rings is 1. The Balaban J connectivity index is 1.97. The quantitative estimate of drug-likeness (QED) is 0.757. The van der Waals surface area contributed by atoms with Crippen molar-refractivity contribution in [2.45, 2.75) is 6.92 Å². The van der Waals surface area contributed by atoms with Crippen molar-refractivity contribution in [2.24, 2.45) is 0 Å². The molecule has 2 heterocycles. The Hall–Kier alpha value is -2.63. The highest BCUT2D eigenvalue weighted by Crippen LogP contribution is 2.29. The van der Waals surface area contributed by atoms with Gasteiger partial charge in [0, 0.05) is 11.9 Å². The number of fused-ring (bicyclic) bond motifs is 3. The third-order valence-corrected chi connectivity index (χ3v) is 2.95. The van der Waals surface area contributed by atoms with Crippen LogP contribution < -0.4 is 10.6 Å². The highest BCUT2D eigenvalue weighted by molar-refractivity contribution is 6.05. The van der Waals surface area contributed by atoms with Crippen molar-refractivity contribution in [1.82, 2.24) is 15.3 Å². The van der Waals surface area contributed by atoms with Crippen molar-refractivity contribution < 1.29 is 9.21 Å². The molecule has 0 bridgehead atoms. The highest BCUT2D eigenvalue weighted by Gasteiger charge is 2.13. The smallest absolute Gasteiger partial charge is 0.239 e. The predicted octanol–water partition coefficient (Wildman–Crippen LogP) is 1.92. The Kier molecular flexibility index (Phi) is 3.20. The van der Waals surface area contributed by atoms with E-state index in [-0.39, 0.29) is 12.5 Å². The molecule has 0 aliphatic heterocycles. The maximum Gasteiger partial charge on any atom is 0.239 e. The van der Waals surface area contributed by atoms with Gasteiger partial charge >= 0.3 is 0 Å².